The Balaban J connectivity index is 1.48. The summed E-state index contributed by atoms with van der Waals surface area (Å²) in [7, 11) is 0. The number of fused-ring (bicyclic) bond motifs is 1. The van der Waals surface area contributed by atoms with Crippen molar-refractivity contribution in [2.45, 2.75) is 44.1 Å². The van der Waals surface area contributed by atoms with Crippen molar-refractivity contribution in [3.8, 4) is 0 Å². The summed E-state index contributed by atoms with van der Waals surface area (Å²) in [6, 6.07) is 24.9. The molecule has 0 aromatic heterocycles. The summed E-state index contributed by atoms with van der Waals surface area (Å²) in [5, 5.41) is 12.3. The number of benzene rings is 3. The van der Waals surface area contributed by atoms with Gasteiger partial charge in [-0.1, -0.05) is 78.9 Å². The molecule has 4 rings (SSSR count). The summed E-state index contributed by atoms with van der Waals surface area (Å²) in [6.07, 6.45) is 3.50. The molecule has 0 radical (unpaired) electrons. The van der Waals surface area contributed by atoms with Crippen LogP contribution in [0.5, 0.6) is 0 Å². The molecule has 2 N–H and O–H groups in total. The van der Waals surface area contributed by atoms with Crippen molar-refractivity contribution in [2.75, 3.05) is 0 Å². The molecular weight excluding hydrogens is 414 g/mol. The van der Waals surface area contributed by atoms with Crippen LogP contribution < -0.4 is 5.32 Å². The van der Waals surface area contributed by atoms with Crippen LogP contribution in [0.15, 0.2) is 78.9 Å². The smallest absolute Gasteiger partial charge is 0.377 e. The van der Waals surface area contributed by atoms with Crippen molar-refractivity contribution in [3.05, 3.63) is 107 Å². The molecule has 3 aromatic rings. The number of aliphatic carboxylic acids is 1. The van der Waals surface area contributed by atoms with Gasteiger partial charge in [0.15, 0.2) is 0 Å². The van der Waals surface area contributed by atoms with E-state index in [0.29, 0.717) is 19.3 Å². The molecule has 0 bridgehead atoms. The van der Waals surface area contributed by atoms with Crippen molar-refractivity contribution in [3.63, 3.8) is 0 Å². The van der Waals surface area contributed by atoms with E-state index in [-0.39, 0.29) is 23.4 Å². The first-order valence-corrected chi connectivity index (χ1v) is 11.3. The van der Waals surface area contributed by atoms with Gasteiger partial charge < -0.3 is 10.4 Å². The fraction of sp³-hybridized carbons (Fsp3) is 0.250. The zero-order valence-corrected chi connectivity index (χ0v) is 18.4. The first-order chi connectivity index (χ1) is 16.0. The van der Waals surface area contributed by atoms with Crippen molar-refractivity contribution in [2.24, 2.45) is 0 Å². The molecule has 0 spiro atoms. The Morgan fingerprint density at radius 1 is 0.879 bits per heavy atom. The summed E-state index contributed by atoms with van der Waals surface area (Å²) in [5.41, 5.74) is 4.16. The average Bonchev–Trinajstić information content (AvgIpc) is 2.86. The Morgan fingerprint density at radius 3 is 2.12 bits per heavy atom. The normalized spacial score (nSPS) is 15.0. The van der Waals surface area contributed by atoms with E-state index in [9.17, 15) is 14.4 Å². The van der Waals surface area contributed by atoms with E-state index in [2.05, 4.69) is 5.32 Å². The van der Waals surface area contributed by atoms with E-state index < -0.39 is 11.8 Å². The second-order valence-corrected chi connectivity index (χ2v) is 8.46. The molecule has 0 aliphatic heterocycles. The quantitative estimate of drug-likeness (QED) is 0.378. The Kier molecular flexibility index (Phi) is 6.98. The predicted molar refractivity (Wildman–Crippen MR) is 126 cm³/mol. The van der Waals surface area contributed by atoms with Crippen LogP contribution in [0.2, 0.25) is 0 Å². The molecule has 0 fully saturated rings. The molecule has 1 atom stereocenters. The van der Waals surface area contributed by atoms with Crippen LogP contribution in [0.4, 0.5) is 0 Å². The van der Waals surface area contributed by atoms with E-state index in [1.165, 1.54) is 0 Å². The van der Waals surface area contributed by atoms with Gasteiger partial charge in [0.1, 0.15) is 0 Å². The number of carbonyl (C=O) groups is 3. The lowest BCUT2D eigenvalue weighted by molar-refractivity contribution is -0.131. The predicted octanol–water partition coefficient (Wildman–Crippen LogP) is 5.06. The molecule has 3 aromatic carbocycles. The highest BCUT2D eigenvalue weighted by Gasteiger charge is 2.27. The summed E-state index contributed by atoms with van der Waals surface area (Å²) >= 11 is 0. The van der Waals surface area contributed by atoms with E-state index in [1.807, 2.05) is 66.7 Å². The summed E-state index contributed by atoms with van der Waals surface area (Å²) < 4.78 is 0. The van der Waals surface area contributed by atoms with Crippen LogP contribution in [0.25, 0.3) is 0 Å². The number of Topliss-reactive ketones (excluding diaryl/α,β-unsaturated/α-hetero) is 1. The Hall–Kier alpha value is -3.73. The number of carbonyl (C=O) groups excluding carboxylic acids is 2. The molecule has 168 valence electrons. The van der Waals surface area contributed by atoms with Crippen molar-refractivity contribution >= 4 is 17.7 Å². The summed E-state index contributed by atoms with van der Waals surface area (Å²) in [4.78, 5) is 36.3. The van der Waals surface area contributed by atoms with Gasteiger partial charge in [0.05, 0.1) is 6.04 Å². The summed E-state index contributed by atoms with van der Waals surface area (Å²) in [6.45, 7) is 0. The first kappa shape index (κ1) is 22.5. The zero-order chi connectivity index (χ0) is 23.2. The van der Waals surface area contributed by atoms with Crippen molar-refractivity contribution in [1.82, 2.24) is 5.32 Å². The SMILES string of the molecule is O=C(CCC1CCCc2c(C(=O)C(=O)O)cccc21)NC(c1ccccc1)c1ccccc1. The first-order valence-electron chi connectivity index (χ1n) is 11.3. The molecule has 1 amide bonds. The Labute approximate surface area is 193 Å². The van der Waals surface area contributed by atoms with Gasteiger partial charge in [-0.05, 0) is 53.9 Å². The third kappa shape index (κ3) is 5.20. The van der Waals surface area contributed by atoms with Crippen molar-refractivity contribution in [1.29, 1.82) is 0 Å². The van der Waals surface area contributed by atoms with E-state index in [0.717, 1.165) is 35.1 Å². The Morgan fingerprint density at radius 2 is 1.52 bits per heavy atom. The second kappa shape index (κ2) is 10.3. The standard InChI is InChI=1S/C28H27NO4/c30-25(29-26(20-9-3-1-4-10-20)21-11-5-2-6-12-21)18-17-19-13-7-15-23-22(19)14-8-16-24(23)27(31)28(32)33/h1-6,8-12,14,16,19,26H,7,13,15,17-18H2,(H,29,30)(H,32,33). The van der Waals surface area contributed by atoms with Gasteiger partial charge in [0, 0.05) is 12.0 Å². The van der Waals surface area contributed by atoms with Gasteiger partial charge in [-0.15, -0.1) is 0 Å². The largest absolute Gasteiger partial charge is 0.475 e. The number of nitrogens with one attached hydrogen (secondary N) is 1. The van der Waals surface area contributed by atoms with Gasteiger partial charge in [0.25, 0.3) is 5.78 Å². The number of hydrogen-bond acceptors (Lipinski definition) is 3. The van der Waals surface area contributed by atoms with Gasteiger partial charge >= 0.3 is 5.97 Å². The van der Waals surface area contributed by atoms with Gasteiger partial charge in [-0.3, -0.25) is 9.59 Å². The molecule has 33 heavy (non-hydrogen) atoms. The maximum atomic E-state index is 13.0. The molecular formula is C28H27NO4. The minimum atomic E-state index is -1.43. The van der Waals surface area contributed by atoms with Crippen LogP contribution in [0, 0.1) is 0 Å². The van der Waals surface area contributed by atoms with Crippen LogP contribution in [0.3, 0.4) is 0 Å². The lowest BCUT2D eigenvalue weighted by Gasteiger charge is -2.27. The van der Waals surface area contributed by atoms with E-state index >= 15 is 0 Å². The molecule has 5 heteroatoms. The van der Waals surface area contributed by atoms with E-state index in [1.54, 1.807) is 12.1 Å². The molecule has 0 saturated heterocycles. The molecule has 1 aliphatic carbocycles. The van der Waals surface area contributed by atoms with Gasteiger partial charge in [-0.25, -0.2) is 4.79 Å². The average molecular weight is 442 g/mol. The lowest BCUT2D eigenvalue weighted by Crippen LogP contribution is -2.29. The van der Waals surface area contributed by atoms with Gasteiger partial charge in [0.2, 0.25) is 5.91 Å². The van der Waals surface area contributed by atoms with Crippen LogP contribution in [-0.2, 0) is 16.0 Å². The summed E-state index contributed by atoms with van der Waals surface area (Å²) in [5.74, 6) is -2.19. The minimum absolute atomic E-state index is 0.0300. The number of carboxylic acid groups (broad SMARTS) is 1. The topological polar surface area (TPSA) is 83.5 Å². The van der Waals surface area contributed by atoms with Crippen LogP contribution in [-0.4, -0.2) is 22.8 Å². The highest BCUT2D eigenvalue weighted by atomic mass is 16.4. The number of ketones is 1. The fourth-order valence-electron chi connectivity index (χ4n) is 4.76. The highest BCUT2D eigenvalue weighted by molar-refractivity contribution is 6.40. The number of rotatable bonds is 8. The third-order valence-corrected chi connectivity index (χ3v) is 6.36. The molecule has 5 nitrogen and oxygen atoms in total. The number of hydrogen-bond donors (Lipinski definition) is 2. The second-order valence-electron chi connectivity index (χ2n) is 8.46. The molecule has 1 aliphatic rings. The Bertz CT molecular complexity index is 1100. The number of carboxylic acids is 1. The highest BCUT2D eigenvalue weighted by Crippen LogP contribution is 2.36. The third-order valence-electron chi connectivity index (χ3n) is 6.36. The fourth-order valence-corrected chi connectivity index (χ4v) is 4.76. The maximum absolute atomic E-state index is 13.0. The minimum Gasteiger partial charge on any atom is -0.475 e. The molecule has 0 heterocycles. The van der Waals surface area contributed by atoms with Crippen molar-refractivity contribution < 1.29 is 19.5 Å². The van der Waals surface area contributed by atoms with Crippen LogP contribution >= 0.6 is 0 Å². The lowest BCUT2D eigenvalue weighted by atomic mass is 9.78. The number of amides is 1. The van der Waals surface area contributed by atoms with Gasteiger partial charge in [-0.2, -0.15) is 0 Å². The molecule has 0 saturated carbocycles. The molecule has 1 unspecified atom stereocenters. The van der Waals surface area contributed by atoms with E-state index in [4.69, 9.17) is 5.11 Å². The van der Waals surface area contributed by atoms with Crippen LogP contribution in [0.1, 0.15) is 70.3 Å². The maximum Gasteiger partial charge on any atom is 0.377 e. The monoisotopic (exact) mass is 441 g/mol. The zero-order valence-electron chi connectivity index (χ0n) is 18.4.